The molecule has 0 saturated heterocycles. The first kappa shape index (κ1) is 11.7. The second-order valence-corrected chi connectivity index (χ2v) is 4.20. The van der Waals surface area contributed by atoms with Crippen LogP contribution in [0.25, 0.3) is 0 Å². The minimum Gasteiger partial charge on any atom is -0.324 e. The summed E-state index contributed by atoms with van der Waals surface area (Å²) in [5, 5.41) is 0. The van der Waals surface area contributed by atoms with Crippen molar-refractivity contribution in [1.29, 1.82) is 0 Å². The van der Waals surface area contributed by atoms with Crippen LogP contribution in [0.1, 0.15) is 22.7 Å². The number of nitrogens with zero attached hydrogens (tertiary/aromatic N) is 1. The minimum absolute atomic E-state index is 0.235. The molecule has 1 aromatic carbocycles. The van der Waals surface area contributed by atoms with Crippen LogP contribution >= 0.6 is 0 Å². The summed E-state index contributed by atoms with van der Waals surface area (Å²) in [5.41, 5.74) is 8.48. The molecule has 0 aliphatic rings. The SMILES string of the molecule is Cc1ccc(C(N)Cc2cccnc2)c(F)c1. The summed E-state index contributed by atoms with van der Waals surface area (Å²) in [7, 11) is 0. The van der Waals surface area contributed by atoms with E-state index in [4.69, 9.17) is 5.73 Å². The molecule has 1 aromatic heterocycles. The van der Waals surface area contributed by atoms with E-state index in [-0.39, 0.29) is 11.9 Å². The topological polar surface area (TPSA) is 38.9 Å². The number of pyridine rings is 1. The molecule has 88 valence electrons. The van der Waals surface area contributed by atoms with Crippen molar-refractivity contribution in [1.82, 2.24) is 4.98 Å². The summed E-state index contributed by atoms with van der Waals surface area (Å²) in [4.78, 5) is 4.02. The molecule has 0 bridgehead atoms. The van der Waals surface area contributed by atoms with Gasteiger partial charge < -0.3 is 5.73 Å². The normalized spacial score (nSPS) is 12.4. The van der Waals surface area contributed by atoms with Crippen LogP contribution in [0.5, 0.6) is 0 Å². The summed E-state index contributed by atoms with van der Waals surface area (Å²) in [6, 6.07) is 8.61. The lowest BCUT2D eigenvalue weighted by molar-refractivity contribution is 0.579. The molecule has 2 rings (SSSR count). The zero-order chi connectivity index (χ0) is 12.3. The highest BCUT2D eigenvalue weighted by molar-refractivity contribution is 5.27. The van der Waals surface area contributed by atoms with Crippen LogP contribution in [0.15, 0.2) is 42.7 Å². The monoisotopic (exact) mass is 230 g/mol. The standard InChI is InChI=1S/C14H15FN2/c1-10-4-5-12(13(15)7-10)14(16)8-11-3-2-6-17-9-11/h2-7,9,14H,8,16H2,1H3. The van der Waals surface area contributed by atoms with Crippen LogP contribution < -0.4 is 5.73 Å². The Morgan fingerprint density at radius 1 is 1.35 bits per heavy atom. The molecule has 2 N–H and O–H groups in total. The van der Waals surface area contributed by atoms with E-state index in [9.17, 15) is 4.39 Å². The van der Waals surface area contributed by atoms with E-state index in [1.54, 1.807) is 18.5 Å². The Morgan fingerprint density at radius 3 is 2.82 bits per heavy atom. The van der Waals surface area contributed by atoms with Gasteiger partial charge in [-0.15, -0.1) is 0 Å². The third-order valence-electron chi connectivity index (χ3n) is 2.73. The minimum atomic E-state index is -0.334. The molecule has 0 fully saturated rings. The van der Waals surface area contributed by atoms with E-state index >= 15 is 0 Å². The van der Waals surface area contributed by atoms with Crippen LogP contribution in [-0.2, 0) is 6.42 Å². The Morgan fingerprint density at radius 2 is 2.18 bits per heavy atom. The van der Waals surface area contributed by atoms with Gasteiger partial charge in [-0.2, -0.15) is 0 Å². The second kappa shape index (κ2) is 5.06. The number of hydrogen-bond donors (Lipinski definition) is 1. The van der Waals surface area contributed by atoms with Gasteiger partial charge in [-0.25, -0.2) is 4.39 Å². The second-order valence-electron chi connectivity index (χ2n) is 4.20. The Kier molecular flexibility index (Phi) is 3.49. The van der Waals surface area contributed by atoms with Crippen molar-refractivity contribution in [3.05, 3.63) is 65.2 Å². The summed E-state index contributed by atoms with van der Waals surface area (Å²) >= 11 is 0. The number of nitrogens with two attached hydrogens (primary N) is 1. The van der Waals surface area contributed by atoms with Crippen molar-refractivity contribution in [3.8, 4) is 0 Å². The van der Waals surface area contributed by atoms with E-state index in [1.165, 1.54) is 6.07 Å². The third-order valence-corrected chi connectivity index (χ3v) is 2.73. The molecule has 1 atom stereocenters. The van der Waals surface area contributed by atoms with Crippen LogP contribution in [-0.4, -0.2) is 4.98 Å². The fourth-order valence-electron chi connectivity index (χ4n) is 1.82. The smallest absolute Gasteiger partial charge is 0.128 e. The van der Waals surface area contributed by atoms with Gasteiger partial charge in [0.2, 0.25) is 0 Å². The average molecular weight is 230 g/mol. The summed E-state index contributed by atoms with van der Waals surface area (Å²) in [6.07, 6.45) is 4.06. The van der Waals surface area contributed by atoms with E-state index in [0.29, 0.717) is 12.0 Å². The van der Waals surface area contributed by atoms with Crippen LogP contribution in [0.3, 0.4) is 0 Å². The van der Waals surface area contributed by atoms with Crippen molar-refractivity contribution < 1.29 is 4.39 Å². The fraction of sp³-hybridized carbons (Fsp3) is 0.214. The first-order chi connectivity index (χ1) is 8.16. The molecule has 2 nitrogen and oxygen atoms in total. The maximum absolute atomic E-state index is 13.7. The van der Waals surface area contributed by atoms with Crippen molar-refractivity contribution in [2.75, 3.05) is 0 Å². The maximum atomic E-state index is 13.7. The zero-order valence-corrected chi connectivity index (χ0v) is 9.73. The molecule has 0 aliphatic carbocycles. The molecular formula is C14H15FN2. The van der Waals surface area contributed by atoms with Crippen molar-refractivity contribution in [2.45, 2.75) is 19.4 Å². The molecule has 0 aliphatic heterocycles. The van der Waals surface area contributed by atoms with Crippen LogP contribution in [0.2, 0.25) is 0 Å². The lowest BCUT2D eigenvalue weighted by Crippen LogP contribution is -2.15. The van der Waals surface area contributed by atoms with Gasteiger partial charge in [-0.05, 0) is 36.6 Å². The molecule has 2 aromatic rings. The summed E-state index contributed by atoms with van der Waals surface area (Å²) < 4.78 is 13.7. The fourth-order valence-corrected chi connectivity index (χ4v) is 1.82. The highest BCUT2D eigenvalue weighted by Gasteiger charge is 2.12. The Bertz CT molecular complexity index is 497. The molecule has 3 heteroatoms. The Labute approximate surface area is 100 Å². The molecule has 0 radical (unpaired) electrons. The summed E-state index contributed by atoms with van der Waals surface area (Å²) in [5.74, 6) is -0.235. The molecule has 1 heterocycles. The van der Waals surface area contributed by atoms with E-state index < -0.39 is 0 Å². The Hall–Kier alpha value is -1.74. The molecule has 1 unspecified atom stereocenters. The van der Waals surface area contributed by atoms with Gasteiger partial charge in [0, 0.05) is 24.0 Å². The van der Waals surface area contributed by atoms with Crippen molar-refractivity contribution >= 4 is 0 Å². The first-order valence-corrected chi connectivity index (χ1v) is 5.57. The molecular weight excluding hydrogens is 215 g/mol. The molecule has 17 heavy (non-hydrogen) atoms. The van der Waals surface area contributed by atoms with Gasteiger partial charge in [0.05, 0.1) is 0 Å². The third kappa shape index (κ3) is 2.88. The molecule has 0 spiro atoms. The van der Waals surface area contributed by atoms with E-state index in [0.717, 1.165) is 11.1 Å². The number of aryl methyl sites for hydroxylation is 1. The predicted molar refractivity (Wildman–Crippen MR) is 66.0 cm³/mol. The number of hydrogen-bond acceptors (Lipinski definition) is 2. The van der Waals surface area contributed by atoms with Gasteiger partial charge in [0.25, 0.3) is 0 Å². The average Bonchev–Trinajstić information content (AvgIpc) is 2.30. The van der Waals surface area contributed by atoms with Crippen LogP contribution in [0, 0.1) is 12.7 Å². The van der Waals surface area contributed by atoms with Crippen LogP contribution in [0.4, 0.5) is 4.39 Å². The number of benzene rings is 1. The van der Waals surface area contributed by atoms with Gasteiger partial charge in [-0.1, -0.05) is 18.2 Å². The first-order valence-electron chi connectivity index (χ1n) is 5.57. The predicted octanol–water partition coefficient (Wildman–Crippen LogP) is 2.77. The number of rotatable bonds is 3. The largest absolute Gasteiger partial charge is 0.324 e. The lowest BCUT2D eigenvalue weighted by atomic mass is 9.99. The van der Waals surface area contributed by atoms with E-state index in [2.05, 4.69) is 4.98 Å². The van der Waals surface area contributed by atoms with E-state index in [1.807, 2.05) is 25.1 Å². The van der Waals surface area contributed by atoms with Gasteiger partial charge >= 0.3 is 0 Å². The van der Waals surface area contributed by atoms with Gasteiger partial charge in [0.1, 0.15) is 5.82 Å². The van der Waals surface area contributed by atoms with Crippen molar-refractivity contribution in [3.63, 3.8) is 0 Å². The van der Waals surface area contributed by atoms with Gasteiger partial charge in [0.15, 0.2) is 0 Å². The summed E-state index contributed by atoms with van der Waals surface area (Å²) in [6.45, 7) is 1.86. The zero-order valence-electron chi connectivity index (χ0n) is 9.73. The number of aromatic nitrogens is 1. The lowest BCUT2D eigenvalue weighted by Gasteiger charge is -2.13. The highest BCUT2D eigenvalue weighted by Crippen LogP contribution is 2.19. The molecule has 0 saturated carbocycles. The van der Waals surface area contributed by atoms with Crippen molar-refractivity contribution in [2.24, 2.45) is 5.73 Å². The number of halogens is 1. The van der Waals surface area contributed by atoms with Gasteiger partial charge in [-0.3, -0.25) is 4.98 Å². The maximum Gasteiger partial charge on any atom is 0.128 e. The molecule has 0 amide bonds. The highest BCUT2D eigenvalue weighted by atomic mass is 19.1. The quantitative estimate of drug-likeness (QED) is 0.880. The Balaban J connectivity index is 2.17.